The molecule has 2 fully saturated rings. The van der Waals surface area contributed by atoms with E-state index in [0.29, 0.717) is 11.8 Å². The second-order valence-electron chi connectivity index (χ2n) is 7.41. The summed E-state index contributed by atoms with van der Waals surface area (Å²) in [5.74, 6) is 3.71. The molecule has 3 aromatic rings. The third-order valence-corrected chi connectivity index (χ3v) is 5.55. The molecule has 1 saturated heterocycles. The van der Waals surface area contributed by atoms with E-state index in [9.17, 15) is 0 Å². The van der Waals surface area contributed by atoms with E-state index in [1.54, 1.807) is 0 Å². The van der Waals surface area contributed by atoms with Crippen molar-refractivity contribution in [1.82, 2.24) is 25.0 Å². The summed E-state index contributed by atoms with van der Waals surface area (Å²) in [7, 11) is 0. The number of imidazole rings is 1. The summed E-state index contributed by atoms with van der Waals surface area (Å²) in [5.41, 5.74) is 2.17. The largest absolute Gasteiger partial charge is 0.342 e. The number of H-pyrrole nitrogens is 1. The third kappa shape index (κ3) is 2.84. The fourth-order valence-electron chi connectivity index (χ4n) is 3.83. The average Bonchev–Trinajstić information content (AvgIpc) is 3.22. The minimum absolute atomic E-state index is 0.159. The number of rotatable bonds is 4. The van der Waals surface area contributed by atoms with Crippen LogP contribution in [0.5, 0.6) is 0 Å². The maximum absolute atomic E-state index is 5.54. The molecule has 1 aromatic carbocycles. The second kappa shape index (κ2) is 5.95. The predicted molar refractivity (Wildman–Crippen MR) is 94.3 cm³/mol. The van der Waals surface area contributed by atoms with Crippen LogP contribution in [0.4, 0.5) is 0 Å². The number of hydrogen-bond acceptors (Lipinski definition) is 5. The molecule has 2 aromatic heterocycles. The Labute approximate surface area is 146 Å². The lowest BCUT2D eigenvalue weighted by Gasteiger charge is -2.34. The fraction of sp³-hybridized carbons (Fsp3) is 0.526. The molecule has 25 heavy (non-hydrogen) atoms. The summed E-state index contributed by atoms with van der Waals surface area (Å²) >= 11 is 0. The summed E-state index contributed by atoms with van der Waals surface area (Å²) in [4.78, 5) is 15.4. The standard InChI is InChI=1S/C19H23N5O/c1-12(19-22-18(23-25-19)13-8-9-13)24-10-4-5-14(11-24)17-20-15-6-2-3-7-16(15)21-17/h2-3,6-7,12-14H,4-5,8-11H2,1H3,(H,20,21). The molecule has 130 valence electrons. The van der Waals surface area contributed by atoms with Gasteiger partial charge in [-0.1, -0.05) is 17.3 Å². The van der Waals surface area contributed by atoms with Gasteiger partial charge in [0.05, 0.1) is 17.1 Å². The number of fused-ring (bicyclic) bond motifs is 1. The van der Waals surface area contributed by atoms with Crippen LogP contribution >= 0.6 is 0 Å². The normalized spacial score (nSPS) is 23.2. The van der Waals surface area contributed by atoms with Gasteiger partial charge in [0.1, 0.15) is 5.82 Å². The lowest BCUT2D eigenvalue weighted by atomic mass is 9.96. The van der Waals surface area contributed by atoms with Crippen LogP contribution in [-0.4, -0.2) is 38.1 Å². The minimum Gasteiger partial charge on any atom is -0.342 e. The molecular formula is C19H23N5O. The lowest BCUT2D eigenvalue weighted by Crippen LogP contribution is -2.36. The summed E-state index contributed by atoms with van der Waals surface area (Å²) in [5, 5.41) is 4.17. The molecule has 2 atom stereocenters. The molecule has 3 heterocycles. The van der Waals surface area contributed by atoms with E-state index in [4.69, 9.17) is 9.51 Å². The summed E-state index contributed by atoms with van der Waals surface area (Å²) < 4.78 is 5.54. The Bertz CT molecular complexity index is 848. The van der Waals surface area contributed by atoms with Crippen LogP contribution in [-0.2, 0) is 0 Å². The molecule has 2 aliphatic rings. The first-order valence-electron chi connectivity index (χ1n) is 9.30. The predicted octanol–water partition coefficient (Wildman–Crippen LogP) is 3.76. The van der Waals surface area contributed by atoms with Crippen LogP contribution in [0.3, 0.4) is 0 Å². The van der Waals surface area contributed by atoms with Crippen LogP contribution in [0.1, 0.15) is 68.0 Å². The molecule has 1 aliphatic heterocycles. The molecule has 5 rings (SSSR count). The summed E-state index contributed by atoms with van der Waals surface area (Å²) in [6.45, 7) is 4.21. The number of hydrogen-bond donors (Lipinski definition) is 1. The smallest absolute Gasteiger partial charge is 0.243 e. The molecule has 0 radical (unpaired) electrons. The van der Waals surface area contributed by atoms with Gasteiger partial charge in [-0.25, -0.2) is 4.98 Å². The summed E-state index contributed by atoms with van der Waals surface area (Å²) in [6, 6.07) is 8.40. The van der Waals surface area contributed by atoms with Crippen molar-refractivity contribution in [2.45, 2.75) is 50.5 Å². The van der Waals surface area contributed by atoms with E-state index in [-0.39, 0.29) is 6.04 Å². The van der Waals surface area contributed by atoms with Crippen LogP contribution in [0.25, 0.3) is 11.0 Å². The van der Waals surface area contributed by atoms with E-state index in [2.05, 4.69) is 39.1 Å². The van der Waals surface area contributed by atoms with Gasteiger partial charge in [-0.3, -0.25) is 4.90 Å². The number of aromatic nitrogens is 4. The van der Waals surface area contributed by atoms with Gasteiger partial charge >= 0.3 is 0 Å². The maximum Gasteiger partial charge on any atom is 0.243 e. The number of nitrogens with zero attached hydrogens (tertiary/aromatic N) is 4. The molecule has 1 aliphatic carbocycles. The number of likely N-dealkylation sites (tertiary alicyclic amines) is 1. The molecular weight excluding hydrogens is 314 g/mol. The van der Waals surface area contributed by atoms with Gasteiger partial charge in [0.25, 0.3) is 0 Å². The highest BCUT2D eigenvalue weighted by atomic mass is 16.5. The van der Waals surface area contributed by atoms with Crippen LogP contribution < -0.4 is 0 Å². The Morgan fingerprint density at radius 2 is 2.04 bits per heavy atom. The van der Waals surface area contributed by atoms with Gasteiger partial charge in [-0.15, -0.1) is 0 Å². The van der Waals surface area contributed by atoms with Crippen molar-refractivity contribution in [3.05, 3.63) is 41.8 Å². The molecule has 6 nitrogen and oxygen atoms in total. The number of nitrogens with one attached hydrogen (secondary N) is 1. The van der Waals surface area contributed by atoms with Gasteiger partial charge < -0.3 is 9.51 Å². The first-order chi connectivity index (χ1) is 12.3. The van der Waals surface area contributed by atoms with Crippen LogP contribution in [0.15, 0.2) is 28.8 Å². The topological polar surface area (TPSA) is 70.8 Å². The molecule has 6 heteroatoms. The van der Waals surface area contributed by atoms with E-state index in [1.807, 2.05) is 12.1 Å². The van der Waals surface area contributed by atoms with Crippen molar-refractivity contribution in [3.63, 3.8) is 0 Å². The maximum atomic E-state index is 5.54. The number of para-hydroxylation sites is 2. The number of piperidine rings is 1. The highest BCUT2D eigenvalue weighted by Gasteiger charge is 2.32. The van der Waals surface area contributed by atoms with Crippen molar-refractivity contribution in [3.8, 4) is 0 Å². The van der Waals surface area contributed by atoms with Gasteiger partial charge in [0.15, 0.2) is 5.82 Å². The minimum atomic E-state index is 0.159. The van der Waals surface area contributed by atoms with E-state index >= 15 is 0 Å². The molecule has 1 saturated carbocycles. The van der Waals surface area contributed by atoms with Gasteiger partial charge in [0, 0.05) is 18.4 Å². The van der Waals surface area contributed by atoms with Crippen LogP contribution in [0.2, 0.25) is 0 Å². The van der Waals surface area contributed by atoms with Crippen molar-refractivity contribution >= 4 is 11.0 Å². The molecule has 2 unspecified atom stereocenters. The fourth-order valence-corrected chi connectivity index (χ4v) is 3.83. The Balaban J connectivity index is 1.34. The highest BCUT2D eigenvalue weighted by molar-refractivity contribution is 5.74. The third-order valence-electron chi connectivity index (χ3n) is 5.55. The van der Waals surface area contributed by atoms with Crippen molar-refractivity contribution in [1.29, 1.82) is 0 Å². The molecule has 0 spiro atoms. The number of aromatic amines is 1. The van der Waals surface area contributed by atoms with Crippen molar-refractivity contribution < 1.29 is 4.52 Å². The van der Waals surface area contributed by atoms with Gasteiger partial charge in [0.2, 0.25) is 5.89 Å². The Morgan fingerprint density at radius 1 is 1.16 bits per heavy atom. The Hall–Kier alpha value is -2.21. The van der Waals surface area contributed by atoms with Crippen molar-refractivity contribution in [2.24, 2.45) is 0 Å². The SMILES string of the molecule is CC(c1nc(C2CC2)no1)N1CCCC(c2nc3ccccc3[nH]2)C1. The average molecular weight is 337 g/mol. The van der Waals surface area contributed by atoms with Gasteiger partial charge in [-0.05, 0) is 51.3 Å². The quantitative estimate of drug-likeness (QED) is 0.785. The van der Waals surface area contributed by atoms with Crippen molar-refractivity contribution in [2.75, 3.05) is 13.1 Å². The zero-order chi connectivity index (χ0) is 16.8. The zero-order valence-electron chi connectivity index (χ0n) is 14.5. The number of benzene rings is 1. The monoisotopic (exact) mass is 337 g/mol. The van der Waals surface area contributed by atoms with Gasteiger partial charge in [-0.2, -0.15) is 4.98 Å². The lowest BCUT2D eigenvalue weighted by molar-refractivity contribution is 0.131. The molecule has 0 amide bonds. The Morgan fingerprint density at radius 3 is 2.88 bits per heavy atom. The first-order valence-corrected chi connectivity index (χ1v) is 9.30. The molecule has 0 bridgehead atoms. The highest BCUT2D eigenvalue weighted by Crippen LogP contribution is 2.39. The van der Waals surface area contributed by atoms with E-state index in [0.717, 1.165) is 48.1 Å². The van der Waals surface area contributed by atoms with E-state index < -0.39 is 0 Å². The van der Waals surface area contributed by atoms with E-state index in [1.165, 1.54) is 19.3 Å². The zero-order valence-corrected chi connectivity index (χ0v) is 14.5. The first kappa shape index (κ1) is 15.1. The Kier molecular flexibility index (Phi) is 3.59. The summed E-state index contributed by atoms with van der Waals surface area (Å²) in [6.07, 6.45) is 4.73. The van der Waals surface area contributed by atoms with Crippen LogP contribution in [0, 0.1) is 0 Å². The second-order valence-corrected chi connectivity index (χ2v) is 7.41. The molecule has 1 N–H and O–H groups in total.